The van der Waals surface area contributed by atoms with Gasteiger partial charge in [-0.05, 0) is 37.4 Å². The van der Waals surface area contributed by atoms with Crippen molar-refractivity contribution in [3.63, 3.8) is 0 Å². The highest BCUT2D eigenvalue weighted by Gasteiger charge is 2.42. The van der Waals surface area contributed by atoms with E-state index in [9.17, 15) is 0 Å². The van der Waals surface area contributed by atoms with Crippen molar-refractivity contribution in [3.05, 3.63) is 36.5 Å². The van der Waals surface area contributed by atoms with Crippen LogP contribution in [0.2, 0.25) is 0 Å². The van der Waals surface area contributed by atoms with Crippen molar-refractivity contribution < 1.29 is 4.74 Å². The number of benzene rings is 1. The third kappa shape index (κ3) is 2.27. The van der Waals surface area contributed by atoms with Crippen molar-refractivity contribution in [1.82, 2.24) is 10.3 Å². The minimum Gasteiger partial charge on any atom is -0.486 e. The number of fused-ring (bicyclic) bond motifs is 1. The van der Waals surface area contributed by atoms with Crippen LogP contribution in [0.3, 0.4) is 0 Å². The van der Waals surface area contributed by atoms with E-state index in [1.165, 1.54) is 6.42 Å². The second kappa shape index (κ2) is 5.06. The Hall–Kier alpha value is -1.61. The van der Waals surface area contributed by atoms with Crippen LogP contribution in [0, 0.1) is 5.41 Å². The second-order valence-electron chi connectivity index (χ2n) is 6.28. The Labute approximate surface area is 120 Å². The first-order valence-corrected chi connectivity index (χ1v) is 7.29. The highest BCUT2D eigenvalue weighted by molar-refractivity contribution is 5.84. The summed E-state index contributed by atoms with van der Waals surface area (Å²) in [7, 11) is 2.02. The molecule has 0 spiro atoms. The summed E-state index contributed by atoms with van der Waals surface area (Å²) in [5.41, 5.74) is 1.23. The maximum atomic E-state index is 6.30. The van der Waals surface area contributed by atoms with Crippen molar-refractivity contribution >= 4 is 10.9 Å². The van der Waals surface area contributed by atoms with Crippen LogP contribution in [-0.4, -0.2) is 24.2 Å². The first-order chi connectivity index (χ1) is 9.62. The minimum absolute atomic E-state index is 0.211. The number of para-hydroxylation sites is 1. The number of pyridine rings is 1. The van der Waals surface area contributed by atoms with Crippen LogP contribution in [0.1, 0.15) is 26.7 Å². The molecule has 3 rings (SSSR count). The Morgan fingerprint density at radius 2 is 2.05 bits per heavy atom. The summed E-state index contributed by atoms with van der Waals surface area (Å²) in [6, 6.07) is 10.5. The molecule has 1 aromatic heterocycles. The van der Waals surface area contributed by atoms with Crippen LogP contribution in [-0.2, 0) is 0 Å². The summed E-state index contributed by atoms with van der Waals surface area (Å²) in [5.74, 6) is 0.894. The molecule has 1 aliphatic rings. The molecule has 1 fully saturated rings. The van der Waals surface area contributed by atoms with Gasteiger partial charge in [-0.15, -0.1) is 0 Å². The van der Waals surface area contributed by atoms with Crippen molar-refractivity contribution in [2.75, 3.05) is 7.05 Å². The molecule has 20 heavy (non-hydrogen) atoms. The Balaban J connectivity index is 1.90. The molecule has 2 atom stereocenters. The Kier molecular flexibility index (Phi) is 3.38. The number of ether oxygens (including phenoxy) is 1. The van der Waals surface area contributed by atoms with Gasteiger partial charge in [0.1, 0.15) is 17.4 Å². The molecule has 3 nitrogen and oxygen atoms in total. The highest BCUT2D eigenvalue weighted by Crippen LogP contribution is 2.39. The number of hydrogen-bond acceptors (Lipinski definition) is 3. The molecule has 106 valence electrons. The van der Waals surface area contributed by atoms with Crippen molar-refractivity contribution in [3.8, 4) is 5.75 Å². The van der Waals surface area contributed by atoms with Gasteiger partial charge in [0.05, 0.1) is 0 Å². The van der Waals surface area contributed by atoms with Gasteiger partial charge in [0.25, 0.3) is 0 Å². The van der Waals surface area contributed by atoms with E-state index in [2.05, 4.69) is 36.3 Å². The molecule has 0 amide bonds. The highest BCUT2D eigenvalue weighted by atomic mass is 16.5. The molecule has 2 aromatic rings. The fourth-order valence-corrected chi connectivity index (χ4v) is 3.38. The van der Waals surface area contributed by atoms with Gasteiger partial charge in [0.15, 0.2) is 0 Å². The van der Waals surface area contributed by atoms with Gasteiger partial charge in [-0.1, -0.05) is 32.0 Å². The van der Waals surface area contributed by atoms with E-state index < -0.39 is 0 Å². The fraction of sp³-hybridized carbons (Fsp3) is 0.471. The van der Waals surface area contributed by atoms with Gasteiger partial charge in [-0.2, -0.15) is 0 Å². The lowest BCUT2D eigenvalue weighted by Crippen LogP contribution is -2.44. The Morgan fingerprint density at radius 1 is 1.25 bits per heavy atom. The van der Waals surface area contributed by atoms with Crippen molar-refractivity contribution in [1.29, 1.82) is 0 Å². The Bertz CT molecular complexity index is 603. The molecular weight excluding hydrogens is 248 g/mol. The number of aromatic nitrogens is 1. The SMILES string of the molecule is CNC1C(Oc2cccc3cccnc23)CCC1(C)C. The smallest absolute Gasteiger partial charge is 0.146 e. The summed E-state index contributed by atoms with van der Waals surface area (Å²) in [6.07, 6.45) is 4.30. The van der Waals surface area contributed by atoms with Gasteiger partial charge in [0, 0.05) is 17.6 Å². The first kappa shape index (κ1) is 13.4. The Morgan fingerprint density at radius 3 is 2.85 bits per heavy atom. The average molecular weight is 270 g/mol. The normalized spacial score (nSPS) is 24.9. The van der Waals surface area contributed by atoms with E-state index in [1.807, 2.05) is 31.4 Å². The molecule has 1 heterocycles. The van der Waals surface area contributed by atoms with E-state index in [1.54, 1.807) is 0 Å². The van der Waals surface area contributed by atoms with Gasteiger partial charge in [-0.3, -0.25) is 4.98 Å². The van der Waals surface area contributed by atoms with E-state index in [0.717, 1.165) is 23.1 Å². The third-order valence-corrected chi connectivity index (χ3v) is 4.47. The van der Waals surface area contributed by atoms with Crippen molar-refractivity contribution in [2.45, 2.75) is 38.8 Å². The van der Waals surface area contributed by atoms with Gasteiger partial charge >= 0.3 is 0 Å². The third-order valence-electron chi connectivity index (χ3n) is 4.47. The molecule has 0 saturated heterocycles. The van der Waals surface area contributed by atoms with Crippen LogP contribution in [0.15, 0.2) is 36.5 Å². The maximum Gasteiger partial charge on any atom is 0.146 e. The van der Waals surface area contributed by atoms with E-state index >= 15 is 0 Å². The molecule has 1 aromatic carbocycles. The average Bonchev–Trinajstić information content (AvgIpc) is 2.73. The quantitative estimate of drug-likeness (QED) is 0.928. The molecule has 1 N–H and O–H groups in total. The molecule has 1 aliphatic carbocycles. The molecule has 0 bridgehead atoms. The van der Waals surface area contributed by atoms with Crippen LogP contribution in [0.4, 0.5) is 0 Å². The van der Waals surface area contributed by atoms with Crippen LogP contribution >= 0.6 is 0 Å². The number of nitrogens with one attached hydrogen (secondary N) is 1. The number of nitrogens with zero attached hydrogens (tertiary/aromatic N) is 1. The summed E-state index contributed by atoms with van der Waals surface area (Å²) in [5, 5.41) is 4.56. The van der Waals surface area contributed by atoms with E-state index in [-0.39, 0.29) is 11.5 Å². The molecule has 0 radical (unpaired) electrons. The second-order valence-corrected chi connectivity index (χ2v) is 6.28. The van der Waals surface area contributed by atoms with E-state index in [4.69, 9.17) is 4.74 Å². The summed E-state index contributed by atoms with van der Waals surface area (Å²) in [6.45, 7) is 4.61. The lowest BCUT2D eigenvalue weighted by Gasteiger charge is -2.30. The monoisotopic (exact) mass is 270 g/mol. The van der Waals surface area contributed by atoms with Crippen molar-refractivity contribution in [2.24, 2.45) is 5.41 Å². The zero-order chi connectivity index (χ0) is 14.2. The lowest BCUT2D eigenvalue weighted by molar-refractivity contribution is 0.147. The summed E-state index contributed by atoms with van der Waals surface area (Å²) >= 11 is 0. The number of hydrogen-bond donors (Lipinski definition) is 1. The van der Waals surface area contributed by atoms with Crippen LogP contribution in [0.25, 0.3) is 10.9 Å². The molecule has 1 saturated carbocycles. The van der Waals surface area contributed by atoms with Gasteiger partial charge in [0.2, 0.25) is 0 Å². The van der Waals surface area contributed by atoms with E-state index in [0.29, 0.717) is 6.04 Å². The maximum absolute atomic E-state index is 6.30. The standard InChI is InChI=1S/C17H22N2O/c1-17(2)10-9-14(16(17)18-3)20-13-8-4-6-12-7-5-11-19-15(12)13/h4-8,11,14,16,18H,9-10H2,1-3H3. The minimum atomic E-state index is 0.211. The predicted octanol–water partition coefficient (Wildman–Crippen LogP) is 3.39. The van der Waals surface area contributed by atoms with Gasteiger partial charge in [-0.25, -0.2) is 0 Å². The molecule has 0 aliphatic heterocycles. The van der Waals surface area contributed by atoms with Gasteiger partial charge < -0.3 is 10.1 Å². The number of rotatable bonds is 3. The number of likely N-dealkylation sites (N-methyl/N-ethyl adjacent to an activating group) is 1. The molecular formula is C17H22N2O. The lowest BCUT2D eigenvalue weighted by atomic mass is 9.87. The summed E-state index contributed by atoms with van der Waals surface area (Å²) in [4.78, 5) is 4.47. The zero-order valence-corrected chi connectivity index (χ0v) is 12.4. The van der Waals surface area contributed by atoms with Crippen LogP contribution in [0.5, 0.6) is 5.75 Å². The van der Waals surface area contributed by atoms with Crippen LogP contribution < -0.4 is 10.1 Å². The topological polar surface area (TPSA) is 34.1 Å². The predicted molar refractivity (Wildman–Crippen MR) is 82.0 cm³/mol. The molecule has 3 heteroatoms. The fourth-order valence-electron chi connectivity index (χ4n) is 3.38. The molecule has 2 unspecified atom stereocenters. The zero-order valence-electron chi connectivity index (χ0n) is 12.4. The first-order valence-electron chi connectivity index (χ1n) is 7.29. The largest absolute Gasteiger partial charge is 0.486 e. The summed E-state index contributed by atoms with van der Waals surface area (Å²) < 4.78 is 6.30.